The topological polar surface area (TPSA) is 70.6 Å². The van der Waals surface area contributed by atoms with Crippen LogP contribution in [0.2, 0.25) is 0 Å². The van der Waals surface area contributed by atoms with Gasteiger partial charge in [-0.05, 0) is 12.3 Å². The molecule has 0 bridgehead atoms. The predicted molar refractivity (Wildman–Crippen MR) is 86.1 cm³/mol. The van der Waals surface area contributed by atoms with Crippen molar-refractivity contribution in [2.75, 3.05) is 44.0 Å². The van der Waals surface area contributed by atoms with Crippen molar-refractivity contribution < 1.29 is 9.53 Å². The Kier molecular flexibility index (Phi) is 5.54. The molecule has 1 unspecified atom stereocenters. The van der Waals surface area contributed by atoms with Gasteiger partial charge in [-0.1, -0.05) is 13.8 Å². The van der Waals surface area contributed by atoms with Gasteiger partial charge in [-0.15, -0.1) is 0 Å². The van der Waals surface area contributed by atoms with E-state index in [1.807, 2.05) is 19.0 Å². The summed E-state index contributed by atoms with van der Waals surface area (Å²) in [6, 6.07) is 1.62. The first-order chi connectivity index (χ1) is 10.5. The van der Waals surface area contributed by atoms with Crippen LogP contribution in [0.4, 0.5) is 16.4 Å². The fraction of sp³-hybridized carbons (Fsp3) is 0.667. The minimum atomic E-state index is -0.139. The van der Waals surface area contributed by atoms with E-state index in [9.17, 15) is 4.79 Å². The lowest BCUT2D eigenvalue weighted by molar-refractivity contribution is 0.0273. The summed E-state index contributed by atoms with van der Waals surface area (Å²) in [6.45, 7) is 6.22. The highest BCUT2D eigenvalue weighted by molar-refractivity contribution is 5.88. The predicted octanol–water partition coefficient (Wildman–Crippen LogP) is 1.82. The van der Waals surface area contributed by atoms with Crippen LogP contribution in [-0.2, 0) is 4.74 Å². The van der Waals surface area contributed by atoms with E-state index in [4.69, 9.17) is 4.74 Å². The number of ether oxygens (including phenoxy) is 1. The van der Waals surface area contributed by atoms with E-state index in [0.717, 1.165) is 12.2 Å². The third-order valence-corrected chi connectivity index (χ3v) is 3.68. The Morgan fingerprint density at radius 1 is 1.45 bits per heavy atom. The number of amides is 2. The molecule has 1 aromatic rings. The highest BCUT2D eigenvalue weighted by Crippen LogP contribution is 2.16. The van der Waals surface area contributed by atoms with Gasteiger partial charge < -0.3 is 14.5 Å². The molecule has 1 aromatic heterocycles. The largest absolute Gasteiger partial charge is 0.376 e. The molecule has 0 radical (unpaired) electrons. The first-order valence-corrected chi connectivity index (χ1v) is 7.64. The minimum Gasteiger partial charge on any atom is -0.376 e. The number of nitrogens with zero attached hydrogens (tertiary/aromatic N) is 4. The molecule has 1 aliphatic rings. The zero-order valence-corrected chi connectivity index (χ0v) is 13.7. The Balaban J connectivity index is 2.02. The summed E-state index contributed by atoms with van der Waals surface area (Å²) in [5, 5.41) is 2.85. The van der Waals surface area contributed by atoms with Crippen molar-refractivity contribution in [3.63, 3.8) is 0 Å². The summed E-state index contributed by atoms with van der Waals surface area (Å²) in [4.78, 5) is 24.4. The molecule has 1 N–H and O–H groups in total. The number of hydrogen-bond acceptors (Lipinski definition) is 5. The van der Waals surface area contributed by atoms with Crippen LogP contribution in [-0.4, -0.2) is 60.8 Å². The van der Waals surface area contributed by atoms with E-state index >= 15 is 0 Å². The molecule has 2 rings (SSSR count). The molecule has 0 saturated carbocycles. The highest BCUT2D eigenvalue weighted by atomic mass is 16.5. The molecule has 7 heteroatoms. The number of anilines is 2. The number of nitrogens with one attached hydrogen (secondary N) is 1. The highest BCUT2D eigenvalue weighted by Gasteiger charge is 2.24. The number of carbonyl (C=O) groups is 1. The summed E-state index contributed by atoms with van der Waals surface area (Å²) in [6.07, 6.45) is 2.38. The van der Waals surface area contributed by atoms with Gasteiger partial charge in [-0.25, -0.2) is 14.8 Å². The van der Waals surface area contributed by atoms with E-state index < -0.39 is 0 Å². The maximum absolute atomic E-state index is 12.5. The number of urea groups is 1. The third-order valence-electron chi connectivity index (χ3n) is 3.68. The van der Waals surface area contributed by atoms with Crippen molar-refractivity contribution in [1.29, 1.82) is 0 Å². The second-order valence-electron chi connectivity index (χ2n) is 6.04. The molecule has 22 heavy (non-hydrogen) atoms. The van der Waals surface area contributed by atoms with Gasteiger partial charge in [0.15, 0.2) is 0 Å². The summed E-state index contributed by atoms with van der Waals surface area (Å²) < 4.78 is 5.79. The van der Waals surface area contributed by atoms with Crippen molar-refractivity contribution in [3.05, 3.63) is 12.4 Å². The zero-order valence-electron chi connectivity index (χ0n) is 13.7. The van der Waals surface area contributed by atoms with Crippen molar-refractivity contribution in [1.82, 2.24) is 14.9 Å². The van der Waals surface area contributed by atoms with Gasteiger partial charge in [0, 0.05) is 39.9 Å². The fourth-order valence-corrected chi connectivity index (χ4v) is 2.29. The molecule has 1 saturated heterocycles. The second-order valence-corrected chi connectivity index (χ2v) is 6.04. The van der Waals surface area contributed by atoms with Crippen LogP contribution in [0.5, 0.6) is 0 Å². The van der Waals surface area contributed by atoms with E-state index in [0.29, 0.717) is 31.4 Å². The number of rotatable bonds is 3. The van der Waals surface area contributed by atoms with Crippen molar-refractivity contribution in [2.24, 2.45) is 5.92 Å². The van der Waals surface area contributed by atoms with Crippen LogP contribution in [0, 0.1) is 5.92 Å². The lowest BCUT2D eigenvalue weighted by atomic mass is 10.1. The Labute approximate surface area is 131 Å². The van der Waals surface area contributed by atoms with E-state index in [-0.39, 0.29) is 12.1 Å². The van der Waals surface area contributed by atoms with Crippen LogP contribution >= 0.6 is 0 Å². The molecule has 0 aromatic carbocycles. The van der Waals surface area contributed by atoms with E-state index in [1.165, 1.54) is 6.33 Å². The smallest absolute Gasteiger partial charge is 0.323 e. The van der Waals surface area contributed by atoms with Gasteiger partial charge in [0.2, 0.25) is 0 Å². The number of carbonyl (C=O) groups excluding carboxylic acids is 1. The standard InChI is InChI=1S/C15H25N5O2/c1-11(2)12-9-20(6-5-7-22-12)15(21)18-13-8-14(19(3)4)17-10-16-13/h8,10-12H,5-7,9H2,1-4H3,(H,16,17,18,21). The molecular weight excluding hydrogens is 282 g/mol. The van der Waals surface area contributed by atoms with Crippen LogP contribution in [0.1, 0.15) is 20.3 Å². The van der Waals surface area contributed by atoms with Crippen LogP contribution < -0.4 is 10.2 Å². The fourth-order valence-electron chi connectivity index (χ4n) is 2.29. The Hall–Kier alpha value is -1.89. The minimum absolute atomic E-state index is 0.0796. The lowest BCUT2D eigenvalue weighted by Gasteiger charge is -2.26. The first-order valence-electron chi connectivity index (χ1n) is 7.64. The van der Waals surface area contributed by atoms with Gasteiger partial charge in [0.25, 0.3) is 0 Å². The normalized spacial score (nSPS) is 19.0. The first kappa shape index (κ1) is 16.5. The van der Waals surface area contributed by atoms with E-state index in [1.54, 1.807) is 11.0 Å². The summed E-state index contributed by atoms with van der Waals surface area (Å²) in [5.74, 6) is 1.65. The van der Waals surface area contributed by atoms with Gasteiger partial charge in [-0.3, -0.25) is 5.32 Å². The maximum Gasteiger partial charge on any atom is 0.323 e. The molecule has 0 aliphatic carbocycles. The van der Waals surface area contributed by atoms with E-state index in [2.05, 4.69) is 29.1 Å². The lowest BCUT2D eigenvalue weighted by Crippen LogP contribution is -2.41. The van der Waals surface area contributed by atoms with Crippen LogP contribution in [0.25, 0.3) is 0 Å². The quantitative estimate of drug-likeness (QED) is 0.922. The Morgan fingerprint density at radius 2 is 2.23 bits per heavy atom. The molecule has 1 aliphatic heterocycles. The zero-order chi connectivity index (χ0) is 16.1. The number of hydrogen-bond donors (Lipinski definition) is 1. The molecule has 2 heterocycles. The van der Waals surface area contributed by atoms with Gasteiger partial charge in [0.1, 0.15) is 18.0 Å². The van der Waals surface area contributed by atoms with Crippen molar-refractivity contribution >= 4 is 17.7 Å². The average molecular weight is 307 g/mol. The molecular formula is C15H25N5O2. The molecule has 0 spiro atoms. The molecule has 1 fully saturated rings. The number of aromatic nitrogens is 2. The summed E-state index contributed by atoms with van der Waals surface area (Å²) >= 11 is 0. The van der Waals surface area contributed by atoms with Gasteiger partial charge >= 0.3 is 6.03 Å². The average Bonchev–Trinajstić information content (AvgIpc) is 2.73. The van der Waals surface area contributed by atoms with Crippen molar-refractivity contribution in [2.45, 2.75) is 26.4 Å². The van der Waals surface area contributed by atoms with Gasteiger partial charge in [-0.2, -0.15) is 0 Å². The Bertz CT molecular complexity index is 506. The van der Waals surface area contributed by atoms with Crippen molar-refractivity contribution in [3.8, 4) is 0 Å². The van der Waals surface area contributed by atoms with Gasteiger partial charge in [0.05, 0.1) is 6.10 Å². The third kappa shape index (κ3) is 4.30. The van der Waals surface area contributed by atoms with Crippen LogP contribution in [0.15, 0.2) is 12.4 Å². The second kappa shape index (κ2) is 7.40. The summed E-state index contributed by atoms with van der Waals surface area (Å²) in [7, 11) is 3.79. The summed E-state index contributed by atoms with van der Waals surface area (Å²) in [5.41, 5.74) is 0. The Morgan fingerprint density at radius 3 is 2.91 bits per heavy atom. The monoisotopic (exact) mass is 307 g/mol. The SMILES string of the molecule is CC(C)C1CN(C(=O)Nc2cc(N(C)C)ncn2)CCCO1. The molecule has 2 amide bonds. The van der Waals surface area contributed by atoms with Crippen LogP contribution in [0.3, 0.4) is 0 Å². The molecule has 122 valence electrons. The molecule has 7 nitrogen and oxygen atoms in total. The maximum atomic E-state index is 12.5. The molecule has 1 atom stereocenters.